The standard InChI is InChI=1S/C14H11ClN4O4/c15-10-2-4-12(23-13-7-16-18-19(13)14(20)21)17-11(10)3-1-9-5-6-22-8-9/h2,4,7,9H,5-6,8H2,(H,20,21). The van der Waals surface area contributed by atoms with Crippen LogP contribution >= 0.6 is 11.6 Å². The lowest BCUT2D eigenvalue weighted by molar-refractivity contribution is 0.189. The van der Waals surface area contributed by atoms with Gasteiger partial charge in [0.05, 0.1) is 11.6 Å². The fourth-order valence-electron chi connectivity index (χ4n) is 1.92. The smallest absolute Gasteiger partial charge is 0.436 e. The van der Waals surface area contributed by atoms with Crippen LogP contribution in [0.2, 0.25) is 5.02 Å². The summed E-state index contributed by atoms with van der Waals surface area (Å²) in [6, 6.07) is 3.08. The van der Waals surface area contributed by atoms with Crippen LogP contribution in [0, 0.1) is 17.8 Å². The van der Waals surface area contributed by atoms with Gasteiger partial charge in [0.25, 0.3) is 5.88 Å². The molecule has 0 aliphatic carbocycles. The van der Waals surface area contributed by atoms with Crippen molar-refractivity contribution in [2.45, 2.75) is 6.42 Å². The molecule has 23 heavy (non-hydrogen) atoms. The number of ether oxygens (including phenoxy) is 2. The average molecular weight is 335 g/mol. The van der Waals surface area contributed by atoms with Crippen LogP contribution in [0.15, 0.2) is 18.3 Å². The maximum Gasteiger partial charge on any atom is 0.436 e. The first-order chi connectivity index (χ1) is 11.1. The number of rotatable bonds is 2. The van der Waals surface area contributed by atoms with E-state index in [2.05, 4.69) is 27.1 Å². The number of halogens is 1. The zero-order valence-electron chi connectivity index (χ0n) is 11.8. The van der Waals surface area contributed by atoms with Gasteiger partial charge in [0.1, 0.15) is 11.9 Å². The van der Waals surface area contributed by atoms with E-state index in [1.54, 1.807) is 6.07 Å². The molecular formula is C14H11ClN4O4. The Kier molecular flexibility index (Phi) is 4.41. The van der Waals surface area contributed by atoms with Gasteiger partial charge in [-0.25, -0.2) is 9.78 Å². The van der Waals surface area contributed by atoms with Crippen LogP contribution < -0.4 is 4.74 Å². The Labute approximate surface area is 136 Å². The molecular weight excluding hydrogens is 324 g/mol. The third kappa shape index (κ3) is 3.59. The first-order valence-electron chi connectivity index (χ1n) is 6.71. The van der Waals surface area contributed by atoms with E-state index in [1.165, 1.54) is 12.3 Å². The Morgan fingerprint density at radius 2 is 2.39 bits per heavy atom. The molecule has 1 saturated heterocycles. The SMILES string of the molecule is O=C(O)n1nncc1Oc1ccc(Cl)c(C#CC2CCOC2)n1. The Hall–Kier alpha value is -2.63. The minimum absolute atomic E-state index is 0.0737. The van der Waals surface area contributed by atoms with Crippen LogP contribution in [-0.2, 0) is 4.74 Å². The predicted molar refractivity (Wildman–Crippen MR) is 78.6 cm³/mol. The summed E-state index contributed by atoms with van der Waals surface area (Å²) >= 11 is 6.07. The van der Waals surface area contributed by atoms with Crippen LogP contribution in [0.3, 0.4) is 0 Å². The molecule has 0 saturated carbocycles. The molecule has 1 fully saturated rings. The lowest BCUT2D eigenvalue weighted by atomic mass is 10.1. The molecule has 1 atom stereocenters. The summed E-state index contributed by atoms with van der Waals surface area (Å²) in [5.41, 5.74) is 0.352. The van der Waals surface area contributed by atoms with E-state index in [9.17, 15) is 4.79 Å². The van der Waals surface area contributed by atoms with Crippen molar-refractivity contribution in [3.63, 3.8) is 0 Å². The molecule has 3 heterocycles. The number of nitrogens with zero attached hydrogens (tertiary/aromatic N) is 4. The first-order valence-corrected chi connectivity index (χ1v) is 7.09. The molecule has 0 aromatic carbocycles. The summed E-state index contributed by atoms with van der Waals surface area (Å²) in [6.45, 7) is 1.31. The van der Waals surface area contributed by atoms with Crippen molar-refractivity contribution in [3.8, 4) is 23.6 Å². The van der Waals surface area contributed by atoms with Crippen molar-refractivity contribution < 1.29 is 19.4 Å². The molecule has 9 heteroatoms. The molecule has 0 radical (unpaired) electrons. The number of hydrogen-bond acceptors (Lipinski definition) is 6. The Balaban J connectivity index is 1.82. The van der Waals surface area contributed by atoms with Crippen LogP contribution in [0.1, 0.15) is 12.1 Å². The molecule has 0 bridgehead atoms. The van der Waals surface area contributed by atoms with Crippen LogP contribution in [0.4, 0.5) is 4.79 Å². The third-order valence-corrected chi connectivity index (χ3v) is 3.36. The highest BCUT2D eigenvalue weighted by Gasteiger charge is 2.14. The van der Waals surface area contributed by atoms with Gasteiger partial charge < -0.3 is 14.6 Å². The summed E-state index contributed by atoms with van der Waals surface area (Å²) in [6.07, 6.45) is 0.739. The van der Waals surface area contributed by atoms with Gasteiger partial charge in [-0.3, -0.25) is 0 Å². The third-order valence-electron chi connectivity index (χ3n) is 3.05. The fraction of sp³-hybridized carbons (Fsp3) is 0.286. The second kappa shape index (κ2) is 6.64. The Morgan fingerprint density at radius 1 is 1.52 bits per heavy atom. The number of aromatic nitrogens is 4. The molecule has 1 aliphatic rings. The zero-order chi connectivity index (χ0) is 16.2. The Morgan fingerprint density at radius 3 is 3.13 bits per heavy atom. The van der Waals surface area contributed by atoms with E-state index in [4.69, 9.17) is 26.2 Å². The maximum absolute atomic E-state index is 10.9. The highest BCUT2D eigenvalue weighted by Crippen LogP contribution is 2.22. The molecule has 1 aliphatic heterocycles. The topological polar surface area (TPSA) is 99.4 Å². The van der Waals surface area contributed by atoms with Gasteiger partial charge in [0.15, 0.2) is 0 Å². The van der Waals surface area contributed by atoms with Gasteiger partial charge in [-0.1, -0.05) is 22.7 Å². The monoisotopic (exact) mass is 334 g/mol. The van der Waals surface area contributed by atoms with E-state index < -0.39 is 6.09 Å². The van der Waals surface area contributed by atoms with Gasteiger partial charge in [0, 0.05) is 18.6 Å². The lowest BCUT2D eigenvalue weighted by Gasteiger charge is -2.05. The van der Waals surface area contributed by atoms with Crippen molar-refractivity contribution in [1.29, 1.82) is 0 Å². The minimum Gasteiger partial charge on any atom is -0.463 e. The predicted octanol–water partition coefficient (Wildman–Crippen LogP) is 2.03. The quantitative estimate of drug-likeness (QED) is 0.839. The highest BCUT2D eigenvalue weighted by atomic mass is 35.5. The van der Waals surface area contributed by atoms with E-state index in [0.717, 1.165) is 6.42 Å². The van der Waals surface area contributed by atoms with Crippen molar-refractivity contribution in [1.82, 2.24) is 20.0 Å². The highest BCUT2D eigenvalue weighted by molar-refractivity contribution is 6.31. The molecule has 2 aromatic heterocycles. The zero-order valence-corrected chi connectivity index (χ0v) is 12.5. The minimum atomic E-state index is -1.31. The lowest BCUT2D eigenvalue weighted by Crippen LogP contribution is -2.11. The second-order valence-electron chi connectivity index (χ2n) is 4.68. The summed E-state index contributed by atoms with van der Waals surface area (Å²) < 4.78 is 11.2. The largest absolute Gasteiger partial charge is 0.463 e. The molecule has 3 rings (SSSR count). The van der Waals surface area contributed by atoms with Gasteiger partial charge in [-0.2, -0.15) is 0 Å². The summed E-state index contributed by atoms with van der Waals surface area (Å²) in [5.74, 6) is 6.19. The first kappa shape index (κ1) is 15.3. The molecule has 1 unspecified atom stereocenters. The van der Waals surface area contributed by atoms with Gasteiger partial charge in [-0.15, -0.1) is 9.78 Å². The molecule has 8 nitrogen and oxygen atoms in total. The van der Waals surface area contributed by atoms with Gasteiger partial charge in [0.2, 0.25) is 5.88 Å². The van der Waals surface area contributed by atoms with Crippen molar-refractivity contribution in [2.75, 3.05) is 13.2 Å². The van der Waals surface area contributed by atoms with E-state index in [1.807, 2.05) is 0 Å². The van der Waals surface area contributed by atoms with Crippen molar-refractivity contribution in [3.05, 3.63) is 29.0 Å². The van der Waals surface area contributed by atoms with E-state index in [0.29, 0.717) is 28.6 Å². The Bertz CT molecular complexity index is 790. The van der Waals surface area contributed by atoms with Gasteiger partial charge in [-0.05, 0) is 18.4 Å². The molecule has 118 valence electrons. The fourth-order valence-corrected chi connectivity index (χ4v) is 2.07. The molecule has 0 spiro atoms. The number of carbonyl (C=O) groups is 1. The second-order valence-corrected chi connectivity index (χ2v) is 5.09. The van der Waals surface area contributed by atoms with Crippen molar-refractivity contribution in [2.24, 2.45) is 5.92 Å². The van der Waals surface area contributed by atoms with E-state index in [-0.39, 0.29) is 17.7 Å². The number of hydrogen-bond donors (Lipinski definition) is 1. The number of carboxylic acid groups (broad SMARTS) is 1. The normalized spacial score (nSPS) is 16.7. The summed E-state index contributed by atoms with van der Waals surface area (Å²) in [4.78, 5) is 15.1. The van der Waals surface area contributed by atoms with Crippen LogP contribution in [0.5, 0.6) is 11.8 Å². The molecule has 1 N–H and O–H groups in total. The molecule has 2 aromatic rings. The van der Waals surface area contributed by atoms with Crippen molar-refractivity contribution >= 4 is 17.7 Å². The van der Waals surface area contributed by atoms with Crippen LogP contribution in [0.25, 0.3) is 0 Å². The summed E-state index contributed by atoms with van der Waals surface area (Å²) in [5, 5.41) is 16.2. The molecule has 0 amide bonds. The average Bonchev–Trinajstić information content (AvgIpc) is 3.19. The number of pyridine rings is 1. The van der Waals surface area contributed by atoms with Gasteiger partial charge >= 0.3 is 6.09 Å². The summed E-state index contributed by atoms with van der Waals surface area (Å²) in [7, 11) is 0. The van der Waals surface area contributed by atoms with Crippen LogP contribution in [-0.4, -0.2) is 44.4 Å². The maximum atomic E-state index is 10.9. The van der Waals surface area contributed by atoms with E-state index >= 15 is 0 Å².